The Balaban J connectivity index is 0. The summed E-state index contributed by atoms with van der Waals surface area (Å²) in [7, 11) is -1.95. The molecule has 1 atom stereocenters. The third kappa shape index (κ3) is 11.2. The molecule has 0 rings (SSSR count). The van der Waals surface area contributed by atoms with Crippen LogP contribution in [0.15, 0.2) is 0 Å². The molecule has 3 nitrogen and oxygen atoms in total. The van der Waals surface area contributed by atoms with E-state index in [1.54, 1.807) is 0 Å². The largest absolute Gasteiger partial charge is 0.324 e. The van der Waals surface area contributed by atoms with Gasteiger partial charge in [0.05, 0.1) is 0 Å². The molecule has 0 aromatic rings. The second-order valence-corrected chi connectivity index (χ2v) is 2.96. The Kier molecular flexibility index (Phi) is 7.14. The Morgan fingerprint density at radius 2 is 1.86 bits per heavy atom. The topological polar surface area (TPSA) is 46.5 Å². The average molecular weight is 250 g/mol. The van der Waals surface area contributed by atoms with Crippen LogP contribution in [0.4, 0.5) is 0 Å². The van der Waals surface area contributed by atoms with E-state index >= 15 is 0 Å². The van der Waals surface area contributed by atoms with Gasteiger partial charge in [0.15, 0.2) is 0 Å². The van der Waals surface area contributed by atoms with Gasteiger partial charge in [-0.05, 0) is 0 Å². The van der Waals surface area contributed by atoms with Gasteiger partial charge in [0.1, 0.15) is 0 Å². The zero-order chi connectivity index (χ0) is 5.21. The Labute approximate surface area is 76.4 Å². The molecule has 1 N–H and O–H groups in total. The van der Waals surface area contributed by atoms with Crippen LogP contribution < -0.4 is 0 Å². The first kappa shape index (κ1) is 11.3. The fourth-order valence-electron chi connectivity index (χ4n) is 0. The molecule has 0 aliphatic carbocycles. The maximum atomic E-state index is 9.92. The molecule has 42 valence electrons. The van der Waals surface area contributed by atoms with E-state index in [-0.39, 0.29) is 41.7 Å². The molecule has 0 saturated carbocycles. The van der Waals surface area contributed by atoms with Crippen molar-refractivity contribution in [2.45, 2.75) is 0 Å². The summed E-state index contributed by atoms with van der Waals surface area (Å²) in [6.45, 7) is 1.13. The van der Waals surface area contributed by atoms with E-state index in [9.17, 15) is 4.57 Å². The molecule has 1 unspecified atom stereocenters. The van der Waals surface area contributed by atoms with Crippen molar-refractivity contribution in [3.63, 3.8) is 0 Å². The quantitative estimate of drug-likeness (QED) is 0.687. The summed E-state index contributed by atoms with van der Waals surface area (Å²) >= 11 is 0. The minimum absolute atomic E-state index is 0. The van der Waals surface area contributed by atoms with Gasteiger partial charge < -0.3 is 9.42 Å². The molecule has 0 fully saturated rings. The van der Waals surface area contributed by atoms with Gasteiger partial charge >= 0.3 is 7.60 Å². The number of hydrogen-bond donors (Lipinski definition) is 1. The van der Waals surface area contributed by atoms with E-state index in [2.05, 4.69) is 4.52 Å². The Hall–Kier alpha value is 1.53. The van der Waals surface area contributed by atoms with Crippen LogP contribution in [-0.4, -0.2) is 18.7 Å². The third-order valence-electron chi connectivity index (χ3n) is 0.339. The van der Waals surface area contributed by atoms with Crippen LogP contribution in [0.2, 0.25) is 0 Å². The number of rotatable bonds is 1. The standard InChI is InChI=1S/C2H7O3P.Ce/c1-5-6(2,3)4;/h1-2H3,(H,3,4);. The minimum atomic E-state index is -3.15. The fourth-order valence-corrected chi connectivity index (χ4v) is 0. The van der Waals surface area contributed by atoms with Crippen molar-refractivity contribution >= 4 is 7.60 Å². The molecular weight excluding hydrogens is 243 g/mol. The molecule has 0 aliphatic heterocycles. The fraction of sp³-hybridized carbons (Fsp3) is 1.00. The average Bonchev–Trinajstić information content (AvgIpc) is 1.35. The monoisotopic (exact) mass is 250 g/mol. The van der Waals surface area contributed by atoms with Crippen LogP contribution in [0.3, 0.4) is 0 Å². The van der Waals surface area contributed by atoms with Crippen molar-refractivity contribution < 1.29 is 55.7 Å². The molecule has 5 heteroatoms. The normalized spacial score (nSPS) is 17.0. The smallest absolute Gasteiger partial charge is 0.324 e. The van der Waals surface area contributed by atoms with E-state index in [0.29, 0.717) is 0 Å². The predicted octanol–water partition coefficient (Wildman–Crippen LogP) is 0.448. The van der Waals surface area contributed by atoms with E-state index in [1.165, 1.54) is 7.11 Å². The van der Waals surface area contributed by atoms with Crippen molar-refractivity contribution in [3.8, 4) is 0 Å². The molecule has 0 aromatic carbocycles. The molecule has 0 heterocycles. The Morgan fingerprint density at radius 3 is 1.86 bits per heavy atom. The molecule has 7 heavy (non-hydrogen) atoms. The van der Waals surface area contributed by atoms with E-state index in [0.717, 1.165) is 6.66 Å². The van der Waals surface area contributed by atoms with Crippen LogP contribution in [0.25, 0.3) is 0 Å². The van der Waals surface area contributed by atoms with Gasteiger partial charge in [0.2, 0.25) is 0 Å². The molecule has 0 aliphatic rings. The van der Waals surface area contributed by atoms with Crippen LogP contribution in [-0.2, 0) is 9.09 Å². The minimum Gasteiger partial charge on any atom is -0.324 e. The summed E-state index contributed by atoms with van der Waals surface area (Å²) in [4.78, 5) is 8.16. The van der Waals surface area contributed by atoms with E-state index < -0.39 is 7.60 Å². The SMILES string of the molecule is COP(C)(=O)O.[Ce]. The Bertz CT molecular complexity index is 77.0. The summed E-state index contributed by atoms with van der Waals surface area (Å²) in [5.41, 5.74) is 0. The summed E-state index contributed by atoms with van der Waals surface area (Å²) in [6, 6.07) is 0. The maximum Gasteiger partial charge on any atom is 0.324 e. The van der Waals surface area contributed by atoms with Crippen molar-refractivity contribution in [2.24, 2.45) is 0 Å². The van der Waals surface area contributed by atoms with E-state index in [1.807, 2.05) is 0 Å². The molecule has 0 radical (unpaired) electrons. The second kappa shape index (κ2) is 4.41. The van der Waals surface area contributed by atoms with Crippen molar-refractivity contribution in [2.75, 3.05) is 13.8 Å². The zero-order valence-electron chi connectivity index (χ0n) is 4.21. The summed E-state index contributed by atoms with van der Waals surface area (Å²) in [5, 5.41) is 0. The zero-order valence-corrected chi connectivity index (χ0v) is 8.25. The first-order valence-corrected chi connectivity index (χ1v) is 3.45. The summed E-state index contributed by atoms with van der Waals surface area (Å²) < 4.78 is 14.0. The maximum absolute atomic E-state index is 9.92. The second-order valence-electron chi connectivity index (χ2n) is 0.986. The van der Waals surface area contributed by atoms with Crippen molar-refractivity contribution in [1.29, 1.82) is 0 Å². The first-order chi connectivity index (χ1) is 2.56. The number of hydrogen-bond acceptors (Lipinski definition) is 2. The molecule has 0 bridgehead atoms. The predicted molar refractivity (Wildman–Crippen MR) is 22.8 cm³/mol. The van der Waals surface area contributed by atoms with Gasteiger partial charge in [-0.2, -0.15) is 0 Å². The van der Waals surface area contributed by atoms with Crippen LogP contribution in [0.1, 0.15) is 0 Å². The molecule has 0 aromatic heterocycles. The van der Waals surface area contributed by atoms with Gasteiger partial charge in [0.25, 0.3) is 0 Å². The third-order valence-corrected chi connectivity index (χ3v) is 1.02. The molecular formula is C2H7CeO3P. The van der Waals surface area contributed by atoms with Crippen molar-refractivity contribution in [3.05, 3.63) is 0 Å². The summed E-state index contributed by atoms with van der Waals surface area (Å²) in [5.74, 6) is 0. The van der Waals surface area contributed by atoms with Crippen LogP contribution >= 0.6 is 7.60 Å². The van der Waals surface area contributed by atoms with Crippen molar-refractivity contribution in [1.82, 2.24) is 0 Å². The van der Waals surface area contributed by atoms with Gasteiger partial charge in [-0.25, -0.2) is 0 Å². The first-order valence-electron chi connectivity index (χ1n) is 1.42. The van der Waals surface area contributed by atoms with Gasteiger partial charge in [-0.1, -0.05) is 0 Å². The molecule has 0 amide bonds. The van der Waals surface area contributed by atoms with Gasteiger partial charge in [-0.15, -0.1) is 0 Å². The van der Waals surface area contributed by atoms with Gasteiger partial charge in [0, 0.05) is 55.5 Å². The molecule has 0 saturated heterocycles. The Morgan fingerprint density at radius 1 is 1.71 bits per heavy atom. The van der Waals surface area contributed by atoms with Crippen LogP contribution in [0, 0.1) is 41.7 Å². The van der Waals surface area contributed by atoms with Crippen LogP contribution in [0.5, 0.6) is 0 Å². The van der Waals surface area contributed by atoms with E-state index in [4.69, 9.17) is 4.89 Å². The summed E-state index contributed by atoms with van der Waals surface area (Å²) in [6.07, 6.45) is 0. The molecule has 0 spiro atoms. The van der Waals surface area contributed by atoms with Gasteiger partial charge in [-0.3, -0.25) is 4.57 Å².